The number of ether oxygens (including phenoxy) is 1. The minimum atomic E-state index is 0.128. The summed E-state index contributed by atoms with van der Waals surface area (Å²) in [5.74, 6) is 1.60. The molecule has 2 aromatic carbocycles. The van der Waals surface area contributed by atoms with E-state index in [1.165, 1.54) is 11.3 Å². The molecule has 0 aromatic heterocycles. The van der Waals surface area contributed by atoms with Crippen LogP contribution in [0.3, 0.4) is 0 Å². The Balaban J connectivity index is 0.00000242. The minimum Gasteiger partial charge on any atom is -0.489 e. The number of nitrogens with one attached hydrogen (secondary N) is 1. The number of para-hydroxylation sites is 1. The van der Waals surface area contributed by atoms with Gasteiger partial charge in [-0.05, 0) is 69.5 Å². The Kier molecular flexibility index (Phi) is 18.5. The molecule has 0 bridgehead atoms. The molecule has 6 heteroatoms. The molecule has 2 aromatic rings. The van der Waals surface area contributed by atoms with Crippen LogP contribution < -0.4 is 15.0 Å². The van der Waals surface area contributed by atoms with E-state index in [1.807, 2.05) is 45.9 Å². The molecule has 0 heterocycles. The zero-order valence-corrected chi connectivity index (χ0v) is 23.7. The second-order valence-electron chi connectivity index (χ2n) is 7.23. The molecule has 1 N–H and O–H groups in total. The standard InChI is InChI=1S/C23H31Cl3N2O.2C2H6/c1-4-28(14-6-12-24)23-19(7-5-8-22(23)29-17(2)3)11-13-27-16-18-9-10-20(25)21(26)15-18;2*1-2/h5,7-10,15,17,27H,4,6,11-14,16H2,1-3H3;2*1-2H3. The molecule has 0 saturated heterocycles. The summed E-state index contributed by atoms with van der Waals surface area (Å²) in [7, 11) is 0. The number of benzene rings is 2. The minimum absolute atomic E-state index is 0.128. The summed E-state index contributed by atoms with van der Waals surface area (Å²) in [6.45, 7) is 17.7. The van der Waals surface area contributed by atoms with E-state index in [0.717, 1.165) is 50.3 Å². The van der Waals surface area contributed by atoms with Crippen molar-refractivity contribution in [3.8, 4) is 5.75 Å². The average Bonchev–Trinajstić information content (AvgIpc) is 2.82. The van der Waals surface area contributed by atoms with Crippen molar-refractivity contribution in [3.63, 3.8) is 0 Å². The molecule has 0 aliphatic rings. The Morgan fingerprint density at radius 2 is 1.70 bits per heavy atom. The number of halogens is 3. The molecule has 0 saturated carbocycles. The molecular weight excluding hydrogens is 475 g/mol. The van der Waals surface area contributed by atoms with Crippen LogP contribution in [0.15, 0.2) is 36.4 Å². The van der Waals surface area contributed by atoms with Gasteiger partial charge in [-0.1, -0.05) is 69.1 Å². The van der Waals surface area contributed by atoms with E-state index in [4.69, 9.17) is 39.5 Å². The first-order valence-corrected chi connectivity index (χ1v) is 13.5. The van der Waals surface area contributed by atoms with Crippen molar-refractivity contribution < 1.29 is 4.74 Å². The maximum Gasteiger partial charge on any atom is 0.143 e. The van der Waals surface area contributed by atoms with Crippen molar-refractivity contribution in [2.24, 2.45) is 0 Å². The third-order valence-electron chi connectivity index (χ3n) is 4.59. The summed E-state index contributed by atoms with van der Waals surface area (Å²) >= 11 is 18.0. The van der Waals surface area contributed by atoms with Crippen molar-refractivity contribution in [1.82, 2.24) is 5.32 Å². The summed E-state index contributed by atoms with van der Waals surface area (Å²) in [6.07, 6.45) is 1.98. The topological polar surface area (TPSA) is 24.5 Å². The highest BCUT2D eigenvalue weighted by atomic mass is 35.5. The lowest BCUT2D eigenvalue weighted by Gasteiger charge is -2.29. The Labute approximate surface area is 217 Å². The third kappa shape index (κ3) is 11.7. The van der Waals surface area contributed by atoms with Crippen LogP contribution in [0.5, 0.6) is 5.75 Å². The fraction of sp³-hybridized carbons (Fsp3) is 0.556. The lowest BCUT2D eigenvalue weighted by molar-refractivity contribution is 0.242. The maximum atomic E-state index is 6.13. The molecule has 0 aliphatic carbocycles. The first kappa shape index (κ1) is 31.9. The monoisotopic (exact) mass is 516 g/mol. The van der Waals surface area contributed by atoms with E-state index in [-0.39, 0.29) is 6.10 Å². The highest BCUT2D eigenvalue weighted by Gasteiger charge is 2.16. The van der Waals surface area contributed by atoms with E-state index in [1.54, 1.807) is 0 Å². The SMILES string of the molecule is CC.CC.CCN(CCCCl)c1c(CCNCc2ccc(Cl)c(Cl)c2)cccc1OC(C)C. The van der Waals surface area contributed by atoms with Gasteiger partial charge in [-0.15, -0.1) is 11.6 Å². The Morgan fingerprint density at radius 3 is 2.27 bits per heavy atom. The molecule has 188 valence electrons. The van der Waals surface area contributed by atoms with Gasteiger partial charge in [-0.2, -0.15) is 0 Å². The van der Waals surface area contributed by atoms with E-state index in [9.17, 15) is 0 Å². The summed E-state index contributed by atoms with van der Waals surface area (Å²) < 4.78 is 6.13. The lowest BCUT2D eigenvalue weighted by atomic mass is 10.1. The van der Waals surface area contributed by atoms with Gasteiger partial charge in [0.05, 0.1) is 21.8 Å². The first-order chi connectivity index (χ1) is 16.0. The van der Waals surface area contributed by atoms with Gasteiger partial charge < -0.3 is 15.0 Å². The second kappa shape index (κ2) is 19.2. The molecule has 0 radical (unpaired) electrons. The highest BCUT2D eigenvalue weighted by molar-refractivity contribution is 6.42. The van der Waals surface area contributed by atoms with E-state index in [2.05, 4.69) is 49.2 Å². The normalized spacial score (nSPS) is 10.2. The smallest absolute Gasteiger partial charge is 0.143 e. The molecule has 0 atom stereocenters. The van der Waals surface area contributed by atoms with Crippen LogP contribution in [0, 0.1) is 0 Å². The van der Waals surface area contributed by atoms with Crippen LogP contribution in [0.25, 0.3) is 0 Å². The van der Waals surface area contributed by atoms with Gasteiger partial charge in [0.25, 0.3) is 0 Å². The van der Waals surface area contributed by atoms with Gasteiger partial charge in [0.2, 0.25) is 0 Å². The Bertz CT molecular complexity index is 769. The predicted octanol–water partition coefficient (Wildman–Crippen LogP) is 8.62. The Morgan fingerprint density at radius 1 is 1.00 bits per heavy atom. The van der Waals surface area contributed by atoms with Crippen molar-refractivity contribution in [2.75, 3.05) is 30.4 Å². The van der Waals surface area contributed by atoms with Crippen molar-refractivity contribution in [1.29, 1.82) is 0 Å². The first-order valence-electron chi connectivity index (χ1n) is 12.2. The molecular formula is C27H43Cl3N2O. The van der Waals surface area contributed by atoms with Crippen molar-refractivity contribution in [3.05, 3.63) is 57.6 Å². The number of hydrogen-bond donors (Lipinski definition) is 1. The van der Waals surface area contributed by atoms with Crippen LogP contribution in [0.2, 0.25) is 10.0 Å². The summed E-state index contributed by atoms with van der Waals surface area (Å²) in [6, 6.07) is 12.1. The summed E-state index contributed by atoms with van der Waals surface area (Å²) in [5, 5.41) is 4.67. The number of alkyl halides is 1. The fourth-order valence-electron chi connectivity index (χ4n) is 3.26. The average molecular weight is 518 g/mol. The number of nitrogens with zero attached hydrogens (tertiary/aromatic N) is 1. The largest absolute Gasteiger partial charge is 0.489 e. The molecule has 33 heavy (non-hydrogen) atoms. The molecule has 2 rings (SSSR count). The molecule has 0 unspecified atom stereocenters. The molecule has 0 amide bonds. The van der Waals surface area contributed by atoms with E-state index >= 15 is 0 Å². The van der Waals surface area contributed by atoms with Gasteiger partial charge in [0.15, 0.2) is 0 Å². The van der Waals surface area contributed by atoms with Crippen LogP contribution >= 0.6 is 34.8 Å². The number of rotatable bonds is 12. The van der Waals surface area contributed by atoms with Crippen LogP contribution in [0.1, 0.15) is 66.0 Å². The lowest BCUT2D eigenvalue weighted by Crippen LogP contribution is -2.27. The summed E-state index contributed by atoms with van der Waals surface area (Å²) in [5.41, 5.74) is 3.58. The second-order valence-corrected chi connectivity index (χ2v) is 8.42. The van der Waals surface area contributed by atoms with Gasteiger partial charge in [-0.3, -0.25) is 0 Å². The van der Waals surface area contributed by atoms with E-state index < -0.39 is 0 Å². The van der Waals surface area contributed by atoms with E-state index in [0.29, 0.717) is 15.9 Å². The van der Waals surface area contributed by atoms with Crippen LogP contribution in [0.4, 0.5) is 5.69 Å². The van der Waals surface area contributed by atoms with Crippen molar-refractivity contribution >= 4 is 40.5 Å². The van der Waals surface area contributed by atoms with Crippen molar-refractivity contribution in [2.45, 2.75) is 74.0 Å². The van der Waals surface area contributed by atoms with Gasteiger partial charge >= 0.3 is 0 Å². The number of anilines is 1. The molecule has 0 spiro atoms. The molecule has 0 aliphatic heterocycles. The quantitative estimate of drug-likeness (QED) is 0.225. The fourth-order valence-corrected chi connectivity index (χ4v) is 3.70. The van der Waals surface area contributed by atoms with Crippen LogP contribution in [-0.2, 0) is 13.0 Å². The highest BCUT2D eigenvalue weighted by Crippen LogP contribution is 2.34. The zero-order chi connectivity index (χ0) is 25.2. The zero-order valence-electron chi connectivity index (χ0n) is 21.5. The predicted molar refractivity (Wildman–Crippen MR) is 150 cm³/mol. The third-order valence-corrected chi connectivity index (χ3v) is 5.60. The van der Waals surface area contributed by atoms with Gasteiger partial charge in [-0.25, -0.2) is 0 Å². The van der Waals surface area contributed by atoms with Crippen LogP contribution in [-0.4, -0.2) is 31.6 Å². The van der Waals surface area contributed by atoms with Gasteiger partial charge in [0.1, 0.15) is 5.75 Å². The number of hydrogen-bond acceptors (Lipinski definition) is 3. The summed E-state index contributed by atoms with van der Waals surface area (Å²) in [4.78, 5) is 2.37. The molecule has 0 fully saturated rings. The van der Waals surface area contributed by atoms with Gasteiger partial charge in [0, 0.05) is 25.5 Å². The Hall–Kier alpha value is -1.13. The maximum absolute atomic E-state index is 6.13. The molecule has 3 nitrogen and oxygen atoms in total.